The normalized spacial score (nSPS) is 23.1. The van der Waals surface area contributed by atoms with Gasteiger partial charge in [-0.3, -0.25) is 0 Å². The van der Waals surface area contributed by atoms with Gasteiger partial charge in [-0.2, -0.15) is 0 Å². The third-order valence-corrected chi connectivity index (χ3v) is 4.68. The van der Waals surface area contributed by atoms with E-state index < -0.39 is 0 Å². The molecule has 1 saturated heterocycles. The van der Waals surface area contributed by atoms with Crippen molar-refractivity contribution in [1.29, 1.82) is 0 Å². The molecule has 112 valence electrons. The molecule has 1 aliphatic rings. The molecule has 0 aromatic heterocycles. The van der Waals surface area contributed by atoms with Crippen molar-refractivity contribution < 1.29 is 9.31 Å². The fourth-order valence-electron chi connectivity index (χ4n) is 2.52. The summed E-state index contributed by atoms with van der Waals surface area (Å²) >= 11 is 0. The summed E-state index contributed by atoms with van der Waals surface area (Å²) < 4.78 is 12.1. The van der Waals surface area contributed by atoms with E-state index in [0.717, 1.165) is 18.2 Å². The maximum atomic E-state index is 6.03. The predicted molar refractivity (Wildman–Crippen MR) is 83.4 cm³/mol. The van der Waals surface area contributed by atoms with E-state index in [2.05, 4.69) is 48.5 Å². The molecule has 1 heterocycles. The van der Waals surface area contributed by atoms with Crippen molar-refractivity contribution in [1.82, 2.24) is 0 Å². The lowest BCUT2D eigenvalue weighted by Crippen LogP contribution is -2.41. The molecular weight excluding hydrogens is 235 g/mol. The van der Waals surface area contributed by atoms with E-state index in [-0.39, 0.29) is 18.3 Å². The third kappa shape index (κ3) is 5.11. The van der Waals surface area contributed by atoms with Crippen LogP contribution in [0.4, 0.5) is 0 Å². The minimum atomic E-state index is -0.182. The van der Waals surface area contributed by atoms with Gasteiger partial charge in [-0.1, -0.05) is 46.5 Å². The van der Waals surface area contributed by atoms with Crippen LogP contribution in [0.25, 0.3) is 0 Å². The third-order valence-electron chi connectivity index (χ3n) is 4.68. The van der Waals surface area contributed by atoms with E-state index in [9.17, 15) is 0 Å². The summed E-state index contributed by atoms with van der Waals surface area (Å²) in [6, 6.07) is 0. The van der Waals surface area contributed by atoms with Gasteiger partial charge in [0.15, 0.2) is 0 Å². The molecule has 0 aliphatic carbocycles. The molecule has 0 N–H and O–H groups in total. The van der Waals surface area contributed by atoms with Crippen molar-refractivity contribution in [3.63, 3.8) is 0 Å². The summed E-state index contributed by atoms with van der Waals surface area (Å²) in [6.07, 6.45) is 6.26. The minimum Gasteiger partial charge on any atom is -0.403 e. The number of hydrogen-bond donors (Lipinski definition) is 0. The maximum absolute atomic E-state index is 6.03. The minimum absolute atomic E-state index is 0.0162. The fraction of sp³-hybridized carbons (Fsp3) is 1.00. The van der Waals surface area contributed by atoms with E-state index in [1.807, 2.05) is 0 Å². The lowest BCUT2D eigenvalue weighted by Gasteiger charge is -2.32. The Bertz CT molecular complexity index is 258. The second-order valence-corrected chi connectivity index (χ2v) is 7.69. The van der Waals surface area contributed by atoms with Crippen LogP contribution in [-0.4, -0.2) is 18.3 Å². The van der Waals surface area contributed by atoms with Crippen molar-refractivity contribution in [2.45, 2.75) is 91.7 Å². The van der Waals surface area contributed by atoms with Crippen molar-refractivity contribution in [3.05, 3.63) is 0 Å². The van der Waals surface area contributed by atoms with E-state index in [1.165, 1.54) is 25.7 Å². The molecular formula is C16H33BO2. The predicted octanol–water partition coefficient (Wildman–Crippen LogP) is 4.93. The highest BCUT2D eigenvalue weighted by atomic mass is 16.7. The Kier molecular flexibility index (Phi) is 5.94. The monoisotopic (exact) mass is 268 g/mol. The Morgan fingerprint density at radius 3 is 1.84 bits per heavy atom. The summed E-state index contributed by atoms with van der Waals surface area (Å²) in [6.45, 7) is 15.5. The number of rotatable bonds is 7. The van der Waals surface area contributed by atoms with Crippen molar-refractivity contribution in [2.75, 3.05) is 0 Å². The average molecular weight is 268 g/mol. The summed E-state index contributed by atoms with van der Waals surface area (Å²) in [4.78, 5) is 0. The van der Waals surface area contributed by atoms with Crippen LogP contribution in [-0.2, 0) is 9.31 Å². The van der Waals surface area contributed by atoms with Crippen LogP contribution in [0.15, 0.2) is 0 Å². The van der Waals surface area contributed by atoms with Crippen LogP contribution in [0.3, 0.4) is 0 Å². The van der Waals surface area contributed by atoms with Gasteiger partial charge in [0.2, 0.25) is 0 Å². The molecule has 1 rings (SSSR count). The molecule has 0 aromatic rings. The molecule has 0 saturated carbocycles. The first-order valence-corrected chi connectivity index (χ1v) is 7.99. The standard InChI is InChI=1S/C16H33BO2/c1-13(2)9-8-10-14(3)11-12-17-18-15(4,5)16(6,7)19-17/h13-14H,8-12H2,1-7H3. The highest BCUT2D eigenvalue weighted by Gasteiger charge is 2.50. The van der Waals surface area contributed by atoms with Gasteiger partial charge < -0.3 is 9.31 Å². The molecule has 1 fully saturated rings. The molecule has 0 radical (unpaired) electrons. The molecule has 1 unspecified atom stereocenters. The van der Waals surface area contributed by atoms with Gasteiger partial charge in [-0.05, 0) is 45.9 Å². The molecule has 1 aliphatic heterocycles. The van der Waals surface area contributed by atoms with Crippen LogP contribution in [0.1, 0.15) is 74.1 Å². The molecule has 19 heavy (non-hydrogen) atoms. The molecule has 0 bridgehead atoms. The number of hydrogen-bond acceptors (Lipinski definition) is 2. The zero-order valence-corrected chi connectivity index (χ0v) is 14.1. The first-order valence-electron chi connectivity index (χ1n) is 7.99. The lowest BCUT2D eigenvalue weighted by molar-refractivity contribution is 0.00578. The zero-order valence-electron chi connectivity index (χ0n) is 14.1. The van der Waals surface area contributed by atoms with Crippen molar-refractivity contribution >= 4 is 7.12 Å². The van der Waals surface area contributed by atoms with Gasteiger partial charge >= 0.3 is 7.12 Å². The average Bonchev–Trinajstić information content (AvgIpc) is 2.44. The van der Waals surface area contributed by atoms with Crippen molar-refractivity contribution in [2.24, 2.45) is 11.8 Å². The lowest BCUT2D eigenvalue weighted by atomic mass is 9.79. The summed E-state index contributed by atoms with van der Waals surface area (Å²) in [5, 5.41) is 0. The van der Waals surface area contributed by atoms with Crippen LogP contribution < -0.4 is 0 Å². The topological polar surface area (TPSA) is 18.5 Å². The second kappa shape index (κ2) is 6.63. The fourth-order valence-corrected chi connectivity index (χ4v) is 2.52. The Labute approximate surface area is 120 Å². The Balaban J connectivity index is 2.23. The molecule has 0 aromatic carbocycles. The molecule has 0 amide bonds. The highest BCUT2D eigenvalue weighted by Crippen LogP contribution is 2.38. The van der Waals surface area contributed by atoms with Crippen LogP contribution in [0, 0.1) is 11.8 Å². The van der Waals surface area contributed by atoms with Gasteiger partial charge in [0.25, 0.3) is 0 Å². The van der Waals surface area contributed by atoms with Gasteiger partial charge in [-0.25, -0.2) is 0 Å². The van der Waals surface area contributed by atoms with Crippen LogP contribution in [0.2, 0.25) is 6.32 Å². The summed E-state index contributed by atoms with van der Waals surface area (Å²) in [5.41, 5.74) is -0.364. The van der Waals surface area contributed by atoms with Gasteiger partial charge in [0, 0.05) is 0 Å². The van der Waals surface area contributed by atoms with Crippen LogP contribution in [0.5, 0.6) is 0 Å². The Morgan fingerprint density at radius 2 is 1.37 bits per heavy atom. The van der Waals surface area contributed by atoms with E-state index in [1.54, 1.807) is 0 Å². The Hall–Kier alpha value is -0.0151. The Morgan fingerprint density at radius 1 is 0.842 bits per heavy atom. The van der Waals surface area contributed by atoms with E-state index >= 15 is 0 Å². The SMILES string of the molecule is CC(C)CCCC(C)CCB1OC(C)(C)C(C)(C)O1. The van der Waals surface area contributed by atoms with Gasteiger partial charge in [0.1, 0.15) is 0 Å². The first-order chi connectivity index (χ1) is 8.64. The largest absolute Gasteiger partial charge is 0.457 e. The quantitative estimate of drug-likeness (QED) is 0.609. The molecule has 3 heteroatoms. The van der Waals surface area contributed by atoms with Gasteiger partial charge in [-0.15, -0.1) is 0 Å². The smallest absolute Gasteiger partial charge is 0.403 e. The van der Waals surface area contributed by atoms with Crippen molar-refractivity contribution in [3.8, 4) is 0 Å². The highest BCUT2D eigenvalue weighted by molar-refractivity contribution is 6.45. The molecule has 2 nitrogen and oxygen atoms in total. The maximum Gasteiger partial charge on any atom is 0.457 e. The zero-order chi connectivity index (χ0) is 14.7. The summed E-state index contributed by atoms with van der Waals surface area (Å²) in [5.74, 6) is 1.60. The van der Waals surface area contributed by atoms with Gasteiger partial charge in [0.05, 0.1) is 11.2 Å². The first kappa shape index (κ1) is 17.0. The molecule has 0 spiro atoms. The molecule has 1 atom stereocenters. The van der Waals surface area contributed by atoms with E-state index in [4.69, 9.17) is 9.31 Å². The van der Waals surface area contributed by atoms with E-state index in [0.29, 0.717) is 0 Å². The van der Waals surface area contributed by atoms with Crippen LogP contribution >= 0.6 is 0 Å². The summed E-state index contributed by atoms with van der Waals surface area (Å²) in [7, 11) is -0.0162. The second-order valence-electron chi connectivity index (χ2n) is 7.69.